The van der Waals surface area contributed by atoms with Gasteiger partial charge in [-0.15, -0.1) is 0 Å². The summed E-state index contributed by atoms with van der Waals surface area (Å²) in [7, 11) is 0. The van der Waals surface area contributed by atoms with Crippen LogP contribution in [-0.2, 0) is 0 Å². The first kappa shape index (κ1) is 14.5. The summed E-state index contributed by atoms with van der Waals surface area (Å²) in [6, 6.07) is 4.58. The van der Waals surface area contributed by atoms with Crippen LogP contribution in [-0.4, -0.2) is 22.9 Å². The Morgan fingerprint density at radius 2 is 2.10 bits per heavy atom. The Hall–Kier alpha value is -1.95. The number of nitro benzene ring substituents is 1. The van der Waals surface area contributed by atoms with Gasteiger partial charge < -0.3 is 11.1 Å². The molecule has 0 bridgehead atoms. The molecule has 1 amide bonds. The molecule has 2 rings (SSSR count). The van der Waals surface area contributed by atoms with Crippen molar-refractivity contribution in [3.63, 3.8) is 0 Å². The van der Waals surface area contributed by atoms with Gasteiger partial charge in [0.2, 0.25) is 0 Å². The van der Waals surface area contributed by atoms with Gasteiger partial charge in [-0.25, -0.2) is 0 Å². The molecule has 3 N–H and O–H groups in total. The molecule has 1 saturated carbocycles. The second kappa shape index (κ2) is 6.00. The Bertz CT molecular complexity index is 530. The number of rotatable bonds is 3. The number of nitrogens with one attached hydrogen (secondary N) is 1. The maximum absolute atomic E-state index is 12.3. The van der Waals surface area contributed by atoms with E-state index in [9.17, 15) is 14.9 Å². The largest absolute Gasteiger partial charge is 0.348 e. The molecule has 0 saturated heterocycles. The lowest BCUT2D eigenvalue weighted by atomic mass is 9.91. The van der Waals surface area contributed by atoms with Crippen molar-refractivity contribution >= 4 is 11.6 Å². The lowest BCUT2D eigenvalue weighted by Gasteiger charge is -2.29. The molecular formula is C14H19N3O3. The van der Waals surface area contributed by atoms with Crippen molar-refractivity contribution in [3.8, 4) is 0 Å². The molecule has 1 fully saturated rings. The number of carbonyl (C=O) groups excluding carboxylic acids is 1. The molecule has 1 aliphatic carbocycles. The monoisotopic (exact) mass is 277 g/mol. The van der Waals surface area contributed by atoms with E-state index < -0.39 is 10.8 Å². The SMILES string of the molecule is Cc1cccc(C(=O)N[C@@H]2CCCC[C@H]2N)c1[N+](=O)[O-]. The highest BCUT2D eigenvalue weighted by molar-refractivity contribution is 5.98. The molecule has 0 spiro atoms. The number of benzene rings is 1. The lowest BCUT2D eigenvalue weighted by molar-refractivity contribution is -0.385. The Kier molecular flexibility index (Phi) is 4.34. The summed E-state index contributed by atoms with van der Waals surface area (Å²) in [6.07, 6.45) is 3.79. The Labute approximate surface area is 117 Å². The van der Waals surface area contributed by atoms with Crippen molar-refractivity contribution < 1.29 is 9.72 Å². The third kappa shape index (κ3) is 2.96. The van der Waals surface area contributed by atoms with E-state index >= 15 is 0 Å². The summed E-state index contributed by atoms with van der Waals surface area (Å²) in [4.78, 5) is 22.9. The molecule has 2 atom stereocenters. The van der Waals surface area contributed by atoms with Crippen LogP contribution in [0.25, 0.3) is 0 Å². The summed E-state index contributed by atoms with van der Waals surface area (Å²) >= 11 is 0. The number of para-hydroxylation sites is 1. The molecule has 1 aromatic rings. The number of nitro groups is 1. The summed E-state index contributed by atoms with van der Waals surface area (Å²) in [6.45, 7) is 1.63. The van der Waals surface area contributed by atoms with Crippen molar-refractivity contribution in [2.75, 3.05) is 0 Å². The second-order valence-electron chi connectivity index (χ2n) is 5.26. The predicted octanol–water partition coefficient (Wildman–Crippen LogP) is 1.90. The van der Waals surface area contributed by atoms with Gasteiger partial charge in [0.05, 0.1) is 4.92 Å². The molecule has 6 nitrogen and oxygen atoms in total. The number of hydrogen-bond donors (Lipinski definition) is 2. The van der Waals surface area contributed by atoms with Crippen LogP contribution in [0.4, 0.5) is 5.69 Å². The average Bonchev–Trinajstić information content (AvgIpc) is 2.40. The molecule has 20 heavy (non-hydrogen) atoms. The van der Waals surface area contributed by atoms with E-state index in [1.54, 1.807) is 19.1 Å². The normalized spacial score (nSPS) is 22.3. The molecule has 108 valence electrons. The third-order valence-electron chi connectivity index (χ3n) is 3.80. The van der Waals surface area contributed by atoms with Crippen LogP contribution in [0.1, 0.15) is 41.6 Å². The zero-order chi connectivity index (χ0) is 14.7. The van der Waals surface area contributed by atoms with Gasteiger partial charge in [0, 0.05) is 17.6 Å². The minimum absolute atomic E-state index is 0.0726. The Balaban J connectivity index is 2.21. The fourth-order valence-corrected chi connectivity index (χ4v) is 2.67. The first-order chi connectivity index (χ1) is 9.50. The minimum Gasteiger partial charge on any atom is -0.348 e. The van der Waals surface area contributed by atoms with Gasteiger partial charge in [-0.05, 0) is 25.8 Å². The number of nitrogens with two attached hydrogens (primary N) is 1. The maximum atomic E-state index is 12.3. The van der Waals surface area contributed by atoms with Crippen LogP contribution in [0.5, 0.6) is 0 Å². The number of nitrogens with zero attached hydrogens (tertiary/aromatic N) is 1. The van der Waals surface area contributed by atoms with Gasteiger partial charge in [-0.2, -0.15) is 0 Å². The van der Waals surface area contributed by atoms with Crippen molar-refractivity contribution in [3.05, 3.63) is 39.4 Å². The maximum Gasteiger partial charge on any atom is 0.285 e. The third-order valence-corrected chi connectivity index (χ3v) is 3.80. The zero-order valence-electron chi connectivity index (χ0n) is 11.5. The molecular weight excluding hydrogens is 258 g/mol. The van der Waals surface area contributed by atoms with Gasteiger partial charge >= 0.3 is 0 Å². The molecule has 0 heterocycles. The zero-order valence-corrected chi connectivity index (χ0v) is 11.5. The van der Waals surface area contributed by atoms with Crippen molar-refractivity contribution in [2.45, 2.75) is 44.7 Å². The van der Waals surface area contributed by atoms with E-state index in [1.807, 2.05) is 0 Å². The van der Waals surface area contributed by atoms with Crippen molar-refractivity contribution in [1.29, 1.82) is 0 Å². The Morgan fingerprint density at radius 1 is 1.40 bits per heavy atom. The van der Waals surface area contributed by atoms with Gasteiger partial charge in [-0.1, -0.05) is 25.0 Å². The highest BCUT2D eigenvalue weighted by atomic mass is 16.6. The van der Waals surface area contributed by atoms with E-state index in [1.165, 1.54) is 6.07 Å². The van der Waals surface area contributed by atoms with Crippen LogP contribution in [0.2, 0.25) is 0 Å². The Morgan fingerprint density at radius 3 is 2.75 bits per heavy atom. The summed E-state index contributed by atoms with van der Waals surface area (Å²) in [5, 5.41) is 13.9. The van der Waals surface area contributed by atoms with Crippen LogP contribution in [0, 0.1) is 17.0 Å². The fourth-order valence-electron chi connectivity index (χ4n) is 2.67. The molecule has 0 aliphatic heterocycles. The first-order valence-electron chi connectivity index (χ1n) is 6.81. The van der Waals surface area contributed by atoms with Crippen LogP contribution < -0.4 is 11.1 Å². The molecule has 1 aliphatic rings. The lowest BCUT2D eigenvalue weighted by Crippen LogP contribution is -2.49. The molecule has 0 unspecified atom stereocenters. The smallest absolute Gasteiger partial charge is 0.285 e. The summed E-state index contributed by atoms with van der Waals surface area (Å²) < 4.78 is 0. The van der Waals surface area contributed by atoms with Crippen LogP contribution in [0.15, 0.2) is 18.2 Å². The number of aryl methyl sites for hydroxylation is 1. The van der Waals surface area contributed by atoms with Crippen molar-refractivity contribution in [1.82, 2.24) is 5.32 Å². The van der Waals surface area contributed by atoms with Crippen molar-refractivity contribution in [2.24, 2.45) is 5.73 Å². The summed E-state index contributed by atoms with van der Waals surface area (Å²) in [5.74, 6) is -0.414. The topological polar surface area (TPSA) is 98.3 Å². The van der Waals surface area contributed by atoms with E-state index in [0.29, 0.717) is 5.56 Å². The molecule has 1 aromatic carbocycles. The number of hydrogen-bond acceptors (Lipinski definition) is 4. The van der Waals surface area contributed by atoms with E-state index in [0.717, 1.165) is 25.7 Å². The van der Waals surface area contributed by atoms with E-state index in [-0.39, 0.29) is 23.3 Å². The van der Waals surface area contributed by atoms with Gasteiger partial charge in [0.1, 0.15) is 5.56 Å². The van der Waals surface area contributed by atoms with Crippen LogP contribution >= 0.6 is 0 Å². The van der Waals surface area contributed by atoms with E-state index in [4.69, 9.17) is 5.73 Å². The van der Waals surface area contributed by atoms with Gasteiger partial charge in [0.25, 0.3) is 11.6 Å². The predicted molar refractivity (Wildman–Crippen MR) is 75.5 cm³/mol. The van der Waals surface area contributed by atoms with E-state index in [2.05, 4.69) is 5.32 Å². The standard InChI is InChI=1S/C14H19N3O3/c1-9-5-4-6-10(13(9)17(19)20)14(18)16-12-8-3-2-7-11(12)15/h4-6,11-12H,2-3,7-8,15H2,1H3,(H,16,18)/t11-,12-/m1/s1. The van der Waals surface area contributed by atoms with Gasteiger partial charge in [-0.3, -0.25) is 14.9 Å². The second-order valence-corrected chi connectivity index (χ2v) is 5.26. The van der Waals surface area contributed by atoms with Crippen LogP contribution in [0.3, 0.4) is 0 Å². The number of carbonyl (C=O) groups is 1. The minimum atomic E-state index is -0.509. The molecule has 0 aromatic heterocycles. The first-order valence-corrected chi connectivity index (χ1v) is 6.81. The average molecular weight is 277 g/mol. The quantitative estimate of drug-likeness (QED) is 0.651. The number of amides is 1. The fraction of sp³-hybridized carbons (Fsp3) is 0.500. The van der Waals surface area contributed by atoms with Gasteiger partial charge in [0.15, 0.2) is 0 Å². The highest BCUT2D eigenvalue weighted by Gasteiger charge is 2.27. The molecule has 0 radical (unpaired) electrons. The molecule has 6 heteroatoms. The highest BCUT2D eigenvalue weighted by Crippen LogP contribution is 2.24. The summed E-state index contributed by atoms with van der Waals surface area (Å²) in [5.41, 5.74) is 6.44.